The van der Waals surface area contributed by atoms with Crippen molar-refractivity contribution in [3.63, 3.8) is 0 Å². The molecule has 1 saturated heterocycles. The molecule has 6 aliphatic rings. The second-order valence-electron chi connectivity index (χ2n) is 12.1. The molecule has 0 amide bonds. The summed E-state index contributed by atoms with van der Waals surface area (Å²) < 4.78 is 24.3. The van der Waals surface area contributed by atoms with Crippen LogP contribution in [-0.2, 0) is 18.9 Å². The van der Waals surface area contributed by atoms with Gasteiger partial charge in [-0.1, -0.05) is 13.8 Å². The first-order valence-electron chi connectivity index (χ1n) is 12.6. The van der Waals surface area contributed by atoms with Crippen LogP contribution in [0.5, 0.6) is 0 Å². The molecule has 33 heavy (non-hydrogen) atoms. The van der Waals surface area contributed by atoms with Crippen molar-refractivity contribution in [3.8, 4) is 0 Å². The fourth-order valence-corrected chi connectivity index (χ4v) is 11.0. The predicted octanol–water partition coefficient (Wildman–Crippen LogP) is 0.414. The van der Waals surface area contributed by atoms with Crippen LogP contribution >= 0.6 is 0 Å². The summed E-state index contributed by atoms with van der Waals surface area (Å²) in [4.78, 5) is 2.31. The molecule has 3 N–H and O–H groups in total. The molecule has 5 aliphatic carbocycles. The van der Waals surface area contributed by atoms with Crippen molar-refractivity contribution in [1.29, 1.82) is 0 Å². The predicted molar refractivity (Wildman–Crippen MR) is 119 cm³/mol. The first-order chi connectivity index (χ1) is 15.6. The standard InChI is InChI=1S/C25H41NO7/c1-7-26-12-21(2)9-8-15(31-4)24-18(21)19(33-6)25(29,20(24)26)23(28)11-14(30-3)13-10-22(24,27)17(23)16(13)32-5/h13-20,27-29H,7-12H2,1-6H3/t13-,14+,15+,16+,17+,18-,19+,20+,21+,22+,23-,24-,25+/m1/s1. The van der Waals surface area contributed by atoms with Crippen molar-refractivity contribution in [2.75, 3.05) is 41.5 Å². The molecule has 1 spiro atoms. The van der Waals surface area contributed by atoms with Gasteiger partial charge in [-0.15, -0.1) is 0 Å². The zero-order valence-corrected chi connectivity index (χ0v) is 20.8. The molecule has 5 saturated carbocycles. The Morgan fingerprint density at radius 2 is 1.64 bits per heavy atom. The maximum absolute atomic E-state index is 13.1. The molecular weight excluding hydrogens is 426 g/mol. The molecule has 0 aromatic heterocycles. The molecule has 1 heterocycles. The van der Waals surface area contributed by atoms with Crippen LogP contribution in [0.4, 0.5) is 0 Å². The van der Waals surface area contributed by atoms with E-state index in [9.17, 15) is 15.3 Å². The van der Waals surface area contributed by atoms with Gasteiger partial charge in [0, 0.05) is 59.2 Å². The number of nitrogens with zero attached hydrogens (tertiary/aromatic N) is 1. The van der Waals surface area contributed by atoms with Gasteiger partial charge in [0.05, 0.1) is 41.5 Å². The number of fused-ring (bicyclic) bond motifs is 2. The van der Waals surface area contributed by atoms with Crippen LogP contribution in [0, 0.1) is 28.6 Å². The fraction of sp³-hybridized carbons (Fsp3) is 1.00. The quantitative estimate of drug-likeness (QED) is 0.535. The number of piperidine rings is 1. The van der Waals surface area contributed by atoms with Crippen molar-refractivity contribution in [2.45, 2.75) is 86.8 Å². The summed E-state index contributed by atoms with van der Waals surface area (Å²) in [6.07, 6.45) is 0.823. The number of hydrogen-bond acceptors (Lipinski definition) is 8. The highest BCUT2D eigenvalue weighted by atomic mass is 16.5. The molecule has 0 aromatic rings. The van der Waals surface area contributed by atoms with Crippen LogP contribution in [0.1, 0.15) is 39.5 Å². The summed E-state index contributed by atoms with van der Waals surface area (Å²) >= 11 is 0. The number of methoxy groups -OCH3 is 4. The summed E-state index contributed by atoms with van der Waals surface area (Å²) in [5.74, 6) is -0.856. The summed E-state index contributed by atoms with van der Waals surface area (Å²) in [5.41, 5.74) is -5.48. The van der Waals surface area contributed by atoms with E-state index >= 15 is 0 Å². The fourth-order valence-electron chi connectivity index (χ4n) is 11.0. The van der Waals surface area contributed by atoms with Gasteiger partial charge in [0.15, 0.2) is 0 Å². The molecule has 6 rings (SSSR count). The molecule has 8 nitrogen and oxygen atoms in total. The zero-order chi connectivity index (χ0) is 23.8. The van der Waals surface area contributed by atoms with E-state index in [1.807, 2.05) is 0 Å². The minimum absolute atomic E-state index is 0.0601. The Balaban J connectivity index is 1.72. The molecule has 7 bridgehead atoms. The number of likely N-dealkylation sites (tertiary alicyclic amines) is 1. The Kier molecular flexibility index (Phi) is 4.69. The second-order valence-corrected chi connectivity index (χ2v) is 12.1. The van der Waals surface area contributed by atoms with Crippen LogP contribution in [0.3, 0.4) is 0 Å². The normalized spacial score (nSPS) is 63.2. The Hall–Kier alpha value is -0.320. The molecule has 13 atom stereocenters. The van der Waals surface area contributed by atoms with Gasteiger partial charge in [-0.05, 0) is 31.2 Å². The van der Waals surface area contributed by atoms with Crippen LogP contribution in [0.15, 0.2) is 0 Å². The molecule has 8 heteroatoms. The van der Waals surface area contributed by atoms with E-state index in [-0.39, 0.29) is 35.9 Å². The Bertz CT molecular complexity index is 844. The highest BCUT2D eigenvalue weighted by Crippen LogP contribution is 2.81. The van der Waals surface area contributed by atoms with Gasteiger partial charge in [0.2, 0.25) is 0 Å². The molecular formula is C25H41NO7. The van der Waals surface area contributed by atoms with E-state index in [1.54, 1.807) is 28.4 Å². The maximum Gasteiger partial charge on any atom is 0.136 e. The minimum atomic E-state index is -1.62. The molecule has 6 fully saturated rings. The number of likely N-dealkylation sites (N-methyl/N-ethyl adjacent to an activating group) is 1. The lowest BCUT2D eigenvalue weighted by Gasteiger charge is -2.72. The van der Waals surface area contributed by atoms with E-state index in [0.717, 1.165) is 19.4 Å². The van der Waals surface area contributed by atoms with Crippen molar-refractivity contribution in [2.24, 2.45) is 28.6 Å². The number of ether oxygens (including phenoxy) is 4. The first kappa shape index (κ1) is 23.1. The number of aliphatic hydroxyl groups is 3. The summed E-state index contributed by atoms with van der Waals surface area (Å²) in [6, 6.07) is -0.485. The molecule has 0 radical (unpaired) electrons. The number of rotatable bonds is 5. The summed E-state index contributed by atoms with van der Waals surface area (Å²) in [5, 5.41) is 38.7. The largest absolute Gasteiger partial charge is 0.389 e. The van der Waals surface area contributed by atoms with Crippen molar-refractivity contribution in [3.05, 3.63) is 0 Å². The van der Waals surface area contributed by atoms with E-state index in [4.69, 9.17) is 18.9 Å². The first-order valence-corrected chi connectivity index (χ1v) is 12.6. The molecule has 1 aliphatic heterocycles. The topological polar surface area (TPSA) is 101 Å². The highest BCUT2D eigenvalue weighted by molar-refractivity contribution is 5.45. The molecule has 0 unspecified atom stereocenters. The molecule has 188 valence electrons. The van der Waals surface area contributed by atoms with Gasteiger partial charge in [0.1, 0.15) is 11.2 Å². The van der Waals surface area contributed by atoms with Gasteiger partial charge in [-0.2, -0.15) is 0 Å². The average molecular weight is 468 g/mol. The van der Waals surface area contributed by atoms with Crippen molar-refractivity contribution < 1.29 is 34.3 Å². The SMILES string of the molecule is CCN1C[C@]2(C)CC[C@H](OC)[C@@]34[C@@H]2[C@H](OC)[C@](O)([C@@H]13)[C@@]1(O)C[C@H](OC)[C@H]2C[C@]4(O)[C@@H]1[C@H]2OC. The Morgan fingerprint density at radius 3 is 2.21 bits per heavy atom. The average Bonchev–Trinajstić information content (AvgIpc) is 3.17. The maximum atomic E-state index is 13.1. The third-order valence-electron chi connectivity index (χ3n) is 11.6. The van der Waals surface area contributed by atoms with Crippen LogP contribution in [0.25, 0.3) is 0 Å². The lowest BCUT2D eigenvalue weighted by molar-refractivity contribution is -0.356. The summed E-state index contributed by atoms with van der Waals surface area (Å²) in [7, 11) is 6.66. The van der Waals surface area contributed by atoms with Gasteiger partial charge in [-0.25, -0.2) is 0 Å². The lowest BCUT2D eigenvalue weighted by atomic mass is 9.41. The van der Waals surface area contributed by atoms with Gasteiger partial charge in [0.25, 0.3) is 0 Å². The highest BCUT2D eigenvalue weighted by Gasteiger charge is 2.95. The number of hydrogen-bond donors (Lipinski definition) is 3. The van der Waals surface area contributed by atoms with Gasteiger partial charge < -0.3 is 34.3 Å². The second kappa shape index (κ2) is 6.71. The Morgan fingerprint density at radius 1 is 0.909 bits per heavy atom. The van der Waals surface area contributed by atoms with Crippen molar-refractivity contribution in [1.82, 2.24) is 4.90 Å². The van der Waals surface area contributed by atoms with Gasteiger partial charge in [-0.3, -0.25) is 4.90 Å². The third kappa shape index (κ3) is 2.05. The minimum Gasteiger partial charge on any atom is -0.389 e. The van der Waals surface area contributed by atoms with E-state index < -0.39 is 46.4 Å². The van der Waals surface area contributed by atoms with Crippen molar-refractivity contribution >= 4 is 0 Å². The van der Waals surface area contributed by atoms with Gasteiger partial charge >= 0.3 is 0 Å². The van der Waals surface area contributed by atoms with E-state index in [2.05, 4.69) is 18.7 Å². The lowest BCUT2D eigenvalue weighted by Crippen LogP contribution is -2.86. The van der Waals surface area contributed by atoms with E-state index in [1.165, 1.54) is 0 Å². The monoisotopic (exact) mass is 467 g/mol. The smallest absolute Gasteiger partial charge is 0.136 e. The molecule has 0 aromatic carbocycles. The zero-order valence-electron chi connectivity index (χ0n) is 20.8. The van der Waals surface area contributed by atoms with Crippen LogP contribution < -0.4 is 0 Å². The Labute approximate surface area is 196 Å². The summed E-state index contributed by atoms with van der Waals surface area (Å²) in [6.45, 7) is 5.90. The third-order valence-corrected chi connectivity index (χ3v) is 11.6. The van der Waals surface area contributed by atoms with Crippen LogP contribution in [0.2, 0.25) is 0 Å². The van der Waals surface area contributed by atoms with Crippen LogP contribution in [-0.4, -0.2) is 109 Å². The van der Waals surface area contributed by atoms with E-state index in [0.29, 0.717) is 13.0 Å².